The quantitative estimate of drug-likeness (QED) is 0.745. The van der Waals surface area contributed by atoms with E-state index in [-0.39, 0.29) is 11.9 Å². The van der Waals surface area contributed by atoms with Gasteiger partial charge in [0.05, 0.1) is 18.2 Å². The van der Waals surface area contributed by atoms with E-state index in [1.165, 1.54) is 0 Å². The van der Waals surface area contributed by atoms with Crippen LogP contribution < -0.4 is 5.73 Å². The third kappa shape index (κ3) is 1.29. The molecule has 0 radical (unpaired) electrons. The number of amides is 1. The van der Waals surface area contributed by atoms with E-state index in [9.17, 15) is 4.79 Å². The van der Waals surface area contributed by atoms with E-state index in [0.29, 0.717) is 6.04 Å². The van der Waals surface area contributed by atoms with Gasteiger partial charge >= 0.3 is 0 Å². The van der Waals surface area contributed by atoms with Gasteiger partial charge in [-0.15, -0.1) is 0 Å². The second-order valence-electron chi connectivity index (χ2n) is 3.74. The van der Waals surface area contributed by atoms with Gasteiger partial charge in [0.2, 0.25) is 6.10 Å². The van der Waals surface area contributed by atoms with Crippen LogP contribution >= 0.6 is 0 Å². The average molecular weight is 206 g/mol. The van der Waals surface area contributed by atoms with Gasteiger partial charge in [-0.1, -0.05) is 0 Å². The van der Waals surface area contributed by atoms with Crippen molar-refractivity contribution in [1.29, 1.82) is 0 Å². The van der Waals surface area contributed by atoms with Gasteiger partial charge in [0.1, 0.15) is 0 Å². The van der Waals surface area contributed by atoms with E-state index >= 15 is 0 Å². The minimum atomic E-state index is -0.701. The highest BCUT2D eigenvalue weighted by molar-refractivity contribution is 5.98. The number of hydrogen-bond donors (Lipinski definition) is 1. The Hall–Kier alpha value is -1.85. The number of carbonyl (C=O) groups excluding carboxylic acids is 1. The average Bonchev–Trinajstić information content (AvgIpc) is 2.83. The Morgan fingerprint density at radius 1 is 1.53 bits per heavy atom. The lowest BCUT2D eigenvalue weighted by Crippen LogP contribution is -2.16. The third-order valence-corrected chi connectivity index (χ3v) is 2.59. The lowest BCUT2D eigenvalue weighted by Gasteiger charge is -2.10. The maximum Gasteiger partial charge on any atom is 0.297 e. The summed E-state index contributed by atoms with van der Waals surface area (Å²) in [6.07, 6.45) is 4.90. The number of amidine groups is 1. The van der Waals surface area contributed by atoms with Crippen LogP contribution in [0.2, 0.25) is 0 Å². The minimum absolute atomic E-state index is 0.0615. The number of carbonyl (C=O) groups is 1. The third-order valence-electron chi connectivity index (χ3n) is 2.59. The maximum absolute atomic E-state index is 11.4. The fourth-order valence-corrected chi connectivity index (χ4v) is 1.73. The predicted molar refractivity (Wildman–Crippen MR) is 51.0 cm³/mol. The van der Waals surface area contributed by atoms with Crippen molar-refractivity contribution in [3.8, 4) is 0 Å². The van der Waals surface area contributed by atoms with Crippen molar-refractivity contribution in [1.82, 2.24) is 9.55 Å². The molecule has 2 heterocycles. The zero-order valence-electron chi connectivity index (χ0n) is 7.96. The summed E-state index contributed by atoms with van der Waals surface area (Å²) in [5.41, 5.74) is 6.08. The highest BCUT2D eigenvalue weighted by Crippen LogP contribution is 2.38. The summed E-state index contributed by atoms with van der Waals surface area (Å²) >= 11 is 0. The van der Waals surface area contributed by atoms with Crippen LogP contribution in [0.4, 0.5) is 0 Å². The first-order chi connectivity index (χ1) is 7.25. The zero-order chi connectivity index (χ0) is 10.4. The van der Waals surface area contributed by atoms with E-state index in [1.807, 2.05) is 4.57 Å². The molecule has 0 aromatic carbocycles. The first kappa shape index (κ1) is 8.46. The summed E-state index contributed by atoms with van der Waals surface area (Å²) in [6.45, 7) is 0. The molecule has 0 spiro atoms. The predicted octanol–water partition coefficient (Wildman–Crippen LogP) is 0.131. The fraction of sp³-hybridized carbons (Fsp3) is 0.444. The van der Waals surface area contributed by atoms with Crippen molar-refractivity contribution < 1.29 is 9.53 Å². The molecule has 2 N–H and O–H groups in total. The smallest absolute Gasteiger partial charge is 0.297 e. The number of nitrogens with zero attached hydrogens (tertiary/aromatic N) is 3. The molecule has 15 heavy (non-hydrogen) atoms. The summed E-state index contributed by atoms with van der Waals surface area (Å²) in [5.74, 6) is -0.352. The molecule has 1 aliphatic heterocycles. The molecule has 1 atom stereocenters. The van der Waals surface area contributed by atoms with E-state index in [2.05, 4.69) is 9.98 Å². The molecule has 6 heteroatoms. The molecule has 1 aromatic rings. The highest BCUT2D eigenvalue weighted by atomic mass is 16.5. The Kier molecular flexibility index (Phi) is 1.59. The van der Waals surface area contributed by atoms with Crippen LogP contribution in [0.3, 0.4) is 0 Å². The molecule has 78 valence electrons. The fourth-order valence-electron chi connectivity index (χ4n) is 1.73. The summed E-state index contributed by atoms with van der Waals surface area (Å²) in [7, 11) is 0. The van der Waals surface area contributed by atoms with Crippen LogP contribution in [0.25, 0.3) is 0 Å². The normalized spacial score (nSPS) is 25.2. The molecule has 0 bridgehead atoms. The lowest BCUT2D eigenvalue weighted by molar-refractivity contribution is -0.123. The Morgan fingerprint density at radius 3 is 2.93 bits per heavy atom. The minimum Gasteiger partial charge on any atom is -0.445 e. The monoisotopic (exact) mass is 206 g/mol. The highest BCUT2D eigenvalue weighted by Gasteiger charge is 2.35. The number of imidazole rings is 1. The number of aromatic nitrogens is 2. The summed E-state index contributed by atoms with van der Waals surface area (Å²) < 4.78 is 7.12. The van der Waals surface area contributed by atoms with Gasteiger partial charge < -0.3 is 15.0 Å². The van der Waals surface area contributed by atoms with Gasteiger partial charge in [0.25, 0.3) is 11.9 Å². The maximum atomic E-state index is 11.4. The van der Waals surface area contributed by atoms with Gasteiger partial charge in [0, 0.05) is 6.04 Å². The number of aliphatic imine (C=N–C) groups is 1. The van der Waals surface area contributed by atoms with Crippen molar-refractivity contribution >= 4 is 11.9 Å². The number of rotatable bonds is 2. The van der Waals surface area contributed by atoms with Gasteiger partial charge in [-0.2, -0.15) is 4.99 Å². The number of nitrogens with two attached hydrogens (primary N) is 1. The number of ether oxygens (including phenoxy) is 1. The lowest BCUT2D eigenvalue weighted by atomic mass is 10.2. The number of hydrogen-bond acceptors (Lipinski definition) is 4. The Balaban J connectivity index is 1.93. The Bertz CT molecular complexity index is 447. The molecule has 1 saturated carbocycles. The van der Waals surface area contributed by atoms with Crippen molar-refractivity contribution in [3.63, 3.8) is 0 Å². The van der Waals surface area contributed by atoms with E-state index in [1.54, 1.807) is 12.5 Å². The zero-order valence-corrected chi connectivity index (χ0v) is 7.96. The van der Waals surface area contributed by atoms with E-state index in [0.717, 1.165) is 18.5 Å². The Morgan fingerprint density at radius 2 is 2.33 bits per heavy atom. The Labute approximate surface area is 85.8 Å². The molecule has 6 nitrogen and oxygen atoms in total. The van der Waals surface area contributed by atoms with Crippen molar-refractivity contribution in [3.05, 3.63) is 18.2 Å². The molecule has 0 saturated heterocycles. The van der Waals surface area contributed by atoms with Gasteiger partial charge in [0.15, 0.2) is 0 Å². The van der Waals surface area contributed by atoms with Crippen LogP contribution in [-0.4, -0.2) is 21.5 Å². The molecule has 1 fully saturated rings. The topological polar surface area (TPSA) is 82.5 Å². The summed E-state index contributed by atoms with van der Waals surface area (Å²) in [4.78, 5) is 19.0. The van der Waals surface area contributed by atoms with E-state index in [4.69, 9.17) is 10.5 Å². The van der Waals surface area contributed by atoms with Gasteiger partial charge in [-0.05, 0) is 12.8 Å². The molecule has 1 aliphatic carbocycles. The summed E-state index contributed by atoms with van der Waals surface area (Å²) in [6, 6.07) is 0.397. The van der Waals surface area contributed by atoms with Crippen LogP contribution in [0, 0.1) is 0 Å². The largest absolute Gasteiger partial charge is 0.445 e. The molecule has 1 amide bonds. The SMILES string of the molecule is NC1=NC(=O)C(c2cncn2C2CC2)O1. The van der Waals surface area contributed by atoms with Crippen LogP contribution in [0.15, 0.2) is 17.5 Å². The van der Waals surface area contributed by atoms with Crippen LogP contribution in [-0.2, 0) is 9.53 Å². The first-order valence-electron chi connectivity index (χ1n) is 4.82. The summed E-state index contributed by atoms with van der Waals surface area (Å²) in [5, 5.41) is 0. The first-order valence-corrected chi connectivity index (χ1v) is 4.82. The molecule has 3 rings (SSSR count). The molecule has 1 aromatic heterocycles. The van der Waals surface area contributed by atoms with Gasteiger partial charge in [-0.25, -0.2) is 4.98 Å². The van der Waals surface area contributed by atoms with Crippen molar-refractivity contribution in [2.45, 2.75) is 25.0 Å². The molecular weight excluding hydrogens is 196 g/mol. The van der Waals surface area contributed by atoms with E-state index < -0.39 is 6.10 Å². The molecular formula is C9H10N4O2. The second kappa shape index (κ2) is 2.82. The second-order valence-corrected chi connectivity index (χ2v) is 3.74. The standard InChI is InChI=1S/C9H10N4O2/c10-9-12-8(14)7(15-9)6-3-11-4-13(6)5-1-2-5/h3-5,7H,1-2H2,(H2,10,12,14). The van der Waals surface area contributed by atoms with Crippen molar-refractivity contribution in [2.24, 2.45) is 10.7 Å². The van der Waals surface area contributed by atoms with Crippen LogP contribution in [0.5, 0.6) is 0 Å². The molecule has 1 unspecified atom stereocenters. The van der Waals surface area contributed by atoms with Crippen molar-refractivity contribution in [2.75, 3.05) is 0 Å². The molecule has 2 aliphatic rings. The van der Waals surface area contributed by atoms with Gasteiger partial charge in [-0.3, -0.25) is 4.79 Å². The van der Waals surface area contributed by atoms with Crippen LogP contribution in [0.1, 0.15) is 30.7 Å².